The molecule has 134 valence electrons. The minimum Gasteiger partial charge on any atom is -0.379 e. The first-order chi connectivity index (χ1) is 12.7. The molecule has 1 aliphatic heterocycles. The third kappa shape index (κ3) is 3.56. The highest BCUT2D eigenvalue weighted by molar-refractivity contribution is 5.99. The molecule has 2 aromatic carbocycles. The maximum atomic E-state index is 12.4. The van der Waals surface area contributed by atoms with Gasteiger partial charge in [0.05, 0.1) is 12.6 Å². The first kappa shape index (κ1) is 17.0. The Kier molecular flexibility index (Phi) is 4.85. The summed E-state index contributed by atoms with van der Waals surface area (Å²) in [6.07, 6.45) is 4.06. The second-order valence-corrected chi connectivity index (χ2v) is 7.18. The van der Waals surface area contributed by atoms with Crippen LogP contribution < -0.4 is 5.32 Å². The number of rotatable bonds is 5. The largest absolute Gasteiger partial charge is 0.379 e. The number of Topliss-reactive ketones (excluding diaryl/α,β-unsaturated/α-hetero) is 1. The summed E-state index contributed by atoms with van der Waals surface area (Å²) in [5, 5.41) is 3.01. The fraction of sp³-hybridized carbons (Fsp3) is 0.364. The van der Waals surface area contributed by atoms with E-state index in [0.717, 1.165) is 42.4 Å². The average molecular weight is 349 g/mol. The maximum absolute atomic E-state index is 12.4. The number of hydrogen-bond acceptors (Lipinski definition) is 3. The zero-order valence-electron chi connectivity index (χ0n) is 14.7. The van der Waals surface area contributed by atoms with E-state index in [0.29, 0.717) is 18.8 Å². The maximum Gasteiger partial charge on any atom is 0.251 e. The molecule has 4 rings (SSSR count). The molecule has 0 aromatic heterocycles. The zero-order chi connectivity index (χ0) is 17.9. The topological polar surface area (TPSA) is 55.4 Å². The van der Waals surface area contributed by atoms with Gasteiger partial charge in [0.1, 0.15) is 0 Å². The lowest BCUT2D eigenvalue weighted by Crippen LogP contribution is -2.34. The van der Waals surface area contributed by atoms with E-state index < -0.39 is 0 Å². The number of amides is 1. The van der Waals surface area contributed by atoms with Crippen LogP contribution in [-0.2, 0) is 4.74 Å². The first-order valence-electron chi connectivity index (χ1n) is 9.34. The molecule has 1 saturated carbocycles. The van der Waals surface area contributed by atoms with E-state index in [1.807, 2.05) is 48.5 Å². The van der Waals surface area contributed by atoms with Gasteiger partial charge >= 0.3 is 0 Å². The standard InChI is InChI=1S/C22H23NO3/c24-21(16-3-1-4-16)17-9-7-15(8-10-17)18-5-2-6-19(13-18)22(25)23-20-11-12-26-14-20/h2,5-10,13,16,20H,1,3-4,11-12,14H2,(H,23,25). The summed E-state index contributed by atoms with van der Waals surface area (Å²) in [6.45, 7) is 1.29. The highest BCUT2D eigenvalue weighted by Gasteiger charge is 2.26. The molecule has 1 atom stereocenters. The molecule has 0 bridgehead atoms. The molecule has 26 heavy (non-hydrogen) atoms. The molecule has 0 spiro atoms. The van der Waals surface area contributed by atoms with Crippen LogP contribution in [0.5, 0.6) is 0 Å². The van der Waals surface area contributed by atoms with Crippen LogP contribution in [0.15, 0.2) is 48.5 Å². The fourth-order valence-corrected chi connectivity index (χ4v) is 3.49. The van der Waals surface area contributed by atoms with Crippen molar-refractivity contribution in [2.75, 3.05) is 13.2 Å². The highest BCUT2D eigenvalue weighted by atomic mass is 16.5. The van der Waals surface area contributed by atoms with Crippen LogP contribution in [0.25, 0.3) is 11.1 Å². The third-order valence-corrected chi connectivity index (χ3v) is 5.37. The monoisotopic (exact) mass is 349 g/mol. The molecule has 2 fully saturated rings. The summed E-state index contributed by atoms with van der Waals surface area (Å²) in [7, 11) is 0. The van der Waals surface area contributed by atoms with Crippen molar-refractivity contribution >= 4 is 11.7 Å². The number of ether oxygens (including phenoxy) is 1. The van der Waals surface area contributed by atoms with Gasteiger partial charge in [0, 0.05) is 23.7 Å². The normalized spacial score (nSPS) is 19.8. The van der Waals surface area contributed by atoms with E-state index in [2.05, 4.69) is 5.32 Å². The SMILES string of the molecule is O=C(NC1CCOC1)c1cccc(-c2ccc(C(=O)C3CCC3)cc2)c1. The van der Waals surface area contributed by atoms with E-state index in [4.69, 9.17) is 4.74 Å². The van der Waals surface area contributed by atoms with Crippen LogP contribution >= 0.6 is 0 Å². The lowest BCUT2D eigenvalue weighted by Gasteiger charge is -2.23. The molecule has 1 unspecified atom stereocenters. The van der Waals surface area contributed by atoms with E-state index in [1.165, 1.54) is 0 Å². The van der Waals surface area contributed by atoms with Crippen molar-refractivity contribution in [3.63, 3.8) is 0 Å². The van der Waals surface area contributed by atoms with Gasteiger partial charge in [-0.2, -0.15) is 0 Å². The summed E-state index contributed by atoms with van der Waals surface area (Å²) in [5.41, 5.74) is 3.41. The van der Waals surface area contributed by atoms with Crippen LogP contribution in [0, 0.1) is 5.92 Å². The number of carbonyl (C=O) groups is 2. The minimum atomic E-state index is -0.0702. The molecule has 1 heterocycles. The molecular formula is C22H23NO3. The highest BCUT2D eigenvalue weighted by Crippen LogP contribution is 2.30. The summed E-state index contributed by atoms with van der Waals surface area (Å²) in [5.74, 6) is 0.404. The van der Waals surface area contributed by atoms with Gasteiger partial charge in [-0.1, -0.05) is 42.8 Å². The molecule has 2 aromatic rings. The van der Waals surface area contributed by atoms with E-state index in [-0.39, 0.29) is 23.7 Å². The zero-order valence-corrected chi connectivity index (χ0v) is 14.7. The number of ketones is 1. The second kappa shape index (κ2) is 7.42. The van der Waals surface area contributed by atoms with Gasteiger partial charge in [-0.15, -0.1) is 0 Å². The summed E-state index contributed by atoms with van der Waals surface area (Å²) in [4.78, 5) is 24.8. The number of benzene rings is 2. The molecule has 1 aliphatic carbocycles. The van der Waals surface area contributed by atoms with E-state index in [9.17, 15) is 9.59 Å². The Morgan fingerprint density at radius 1 is 0.923 bits per heavy atom. The summed E-state index contributed by atoms with van der Waals surface area (Å²) < 4.78 is 5.30. The fourth-order valence-electron chi connectivity index (χ4n) is 3.49. The van der Waals surface area contributed by atoms with Crippen molar-refractivity contribution < 1.29 is 14.3 Å². The Morgan fingerprint density at radius 2 is 1.73 bits per heavy atom. The molecule has 1 amide bonds. The van der Waals surface area contributed by atoms with Gasteiger partial charge in [0.2, 0.25) is 0 Å². The smallest absolute Gasteiger partial charge is 0.251 e. The third-order valence-electron chi connectivity index (χ3n) is 5.37. The van der Waals surface area contributed by atoms with Crippen molar-refractivity contribution in [2.24, 2.45) is 5.92 Å². The first-order valence-corrected chi connectivity index (χ1v) is 9.34. The molecule has 1 saturated heterocycles. The van der Waals surface area contributed by atoms with Gasteiger partial charge in [-0.05, 0) is 42.5 Å². The van der Waals surface area contributed by atoms with E-state index >= 15 is 0 Å². The quantitative estimate of drug-likeness (QED) is 0.834. The molecule has 4 nitrogen and oxygen atoms in total. The van der Waals surface area contributed by atoms with Gasteiger partial charge < -0.3 is 10.1 Å². The Hall–Kier alpha value is -2.46. The lowest BCUT2D eigenvalue weighted by molar-refractivity contribution is 0.0854. The van der Waals surface area contributed by atoms with Crippen LogP contribution in [-0.4, -0.2) is 30.9 Å². The Balaban J connectivity index is 1.48. The summed E-state index contributed by atoms with van der Waals surface area (Å²) >= 11 is 0. The van der Waals surface area contributed by atoms with E-state index in [1.54, 1.807) is 0 Å². The van der Waals surface area contributed by atoms with Gasteiger partial charge in [0.25, 0.3) is 5.91 Å². The van der Waals surface area contributed by atoms with Crippen molar-refractivity contribution in [1.29, 1.82) is 0 Å². The minimum absolute atomic E-state index is 0.0702. The Bertz CT molecular complexity index is 802. The van der Waals surface area contributed by atoms with Gasteiger partial charge in [0.15, 0.2) is 5.78 Å². The van der Waals surface area contributed by atoms with Crippen molar-refractivity contribution in [2.45, 2.75) is 31.7 Å². The number of carbonyl (C=O) groups excluding carboxylic acids is 2. The van der Waals surface area contributed by atoms with Gasteiger partial charge in [-0.25, -0.2) is 0 Å². The predicted molar refractivity (Wildman–Crippen MR) is 100 cm³/mol. The molecule has 4 heteroatoms. The lowest BCUT2D eigenvalue weighted by atomic mass is 9.80. The Morgan fingerprint density at radius 3 is 2.38 bits per heavy atom. The van der Waals surface area contributed by atoms with Crippen LogP contribution in [0.2, 0.25) is 0 Å². The van der Waals surface area contributed by atoms with Crippen LogP contribution in [0.1, 0.15) is 46.4 Å². The van der Waals surface area contributed by atoms with Crippen molar-refractivity contribution in [3.05, 3.63) is 59.7 Å². The van der Waals surface area contributed by atoms with Crippen LogP contribution in [0.3, 0.4) is 0 Å². The molecule has 1 N–H and O–H groups in total. The average Bonchev–Trinajstić information content (AvgIpc) is 3.13. The van der Waals surface area contributed by atoms with Crippen molar-refractivity contribution in [1.82, 2.24) is 5.32 Å². The van der Waals surface area contributed by atoms with Crippen LogP contribution in [0.4, 0.5) is 0 Å². The molecular weight excluding hydrogens is 326 g/mol. The van der Waals surface area contributed by atoms with Gasteiger partial charge in [-0.3, -0.25) is 9.59 Å². The number of nitrogens with one attached hydrogen (secondary N) is 1. The number of hydrogen-bond donors (Lipinski definition) is 1. The predicted octanol–water partition coefficient (Wildman–Crippen LogP) is 3.86. The summed E-state index contributed by atoms with van der Waals surface area (Å²) in [6, 6.07) is 15.4. The molecule has 0 radical (unpaired) electrons. The Labute approximate surface area is 153 Å². The van der Waals surface area contributed by atoms with Crippen molar-refractivity contribution in [3.8, 4) is 11.1 Å². The second-order valence-electron chi connectivity index (χ2n) is 7.18. The molecule has 2 aliphatic rings.